The van der Waals surface area contributed by atoms with Gasteiger partial charge in [0.15, 0.2) is 6.61 Å². The fourth-order valence-corrected chi connectivity index (χ4v) is 2.55. The average molecular weight is 348 g/mol. The van der Waals surface area contributed by atoms with Crippen LogP contribution in [0.2, 0.25) is 5.02 Å². The Hall–Kier alpha value is -2.34. The van der Waals surface area contributed by atoms with Gasteiger partial charge >= 0.3 is 5.97 Å². The van der Waals surface area contributed by atoms with E-state index in [0.29, 0.717) is 22.5 Å². The summed E-state index contributed by atoms with van der Waals surface area (Å²) in [7, 11) is 1.73. The van der Waals surface area contributed by atoms with Crippen molar-refractivity contribution in [2.45, 2.75) is 13.3 Å². The number of nitrogens with one attached hydrogen (secondary N) is 1. The van der Waals surface area contributed by atoms with Crippen molar-refractivity contribution in [1.29, 1.82) is 0 Å². The van der Waals surface area contributed by atoms with Crippen molar-refractivity contribution >= 4 is 29.3 Å². The maximum Gasteiger partial charge on any atom is 0.309 e. The topological polar surface area (TPSA) is 73.2 Å². The number of carbonyl (C=O) groups is 2. The van der Waals surface area contributed by atoms with Gasteiger partial charge in [-0.3, -0.25) is 14.3 Å². The molecule has 1 aliphatic carbocycles. The largest absolute Gasteiger partial charge is 0.455 e. The molecule has 1 fully saturated rings. The molecule has 1 N–H and O–H groups in total. The number of anilines is 1. The van der Waals surface area contributed by atoms with E-state index in [0.717, 1.165) is 12.0 Å². The van der Waals surface area contributed by atoms with Crippen molar-refractivity contribution in [2.75, 3.05) is 11.9 Å². The number of benzene rings is 1. The van der Waals surface area contributed by atoms with Gasteiger partial charge in [-0.1, -0.05) is 30.7 Å². The van der Waals surface area contributed by atoms with E-state index in [1.165, 1.54) is 0 Å². The van der Waals surface area contributed by atoms with Gasteiger partial charge in [0.1, 0.15) is 5.82 Å². The van der Waals surface area contributed by atoms with Crippen LogP contribution >= 0.6 is 11.6 Å². The number of esters is 1. The number of rotatable bonds is 5. The number of nitrogens with zero attached hydrogens (tertiary/aromatic N) is 2. The van der Waals surface area contributed by atoms with Crippen LogP contribution in [-0.2, 0) is 21.4 Å². The van der Waals surface area contributed by atoms with Gasteiger partial charge in [-0.25, -0.2) is 0 Å². The summed E-state index contributed by atoms with van der Waals surface area (Å²) < 4.78 is 6.58. The molecule has 0 spiro atoms. The summed E-state index contributed by atoms with van der Waals surface area (Å²) in [5, 5.41) is 7.70. The van der Waals surface area contributed by atoms with Crippen molar-refractivity contribution in [3.8, 4) is 11.3 Å². The molecule has 1 aromatic carbocycles. The molecule has 2 atom stereocenters. The zero-order chi connectivity index (χ0) is 17.3. The summed E-state index contributed by atoms with van der Waals surface area (Å²) in [5.41, 5.74) is 1.61. The summed E-state index contributed by atoms with van der Waals surface area (Å²) in [4.78, 5) is 23.6. The van der Waals surface area contributed by atoms with Crippen LogP contribution in [0.15, 0.2) is 30.3 Å². The van der Waals surface area contributed by atoms with Crippen molar-refractivity contribution in [3.05, 3.63) is 35.4 Å². The number of hydrogen-bond donors (Lipinski definition) is 1. The summed E-state index contributed by atoms with van der Waals surface area (Å²) >= 11 is 5.88. The fraction of sp³-hybridized carbons (Fsp3) is 0.353. The van der Waals surface area contributed by atoms with E-state index in [1.807, 2.05) is 19.1 Å². The molecule has 0 bridgehead atoms. The lowest BCUT2D eigenvalue weighted by Crippen LogP contribution is -2.22. The summed E-state index contributed by atoms with van der Waals surface area (Å²) in [6.45, 7) is 1.70. The van der Waals surface area contributed by atoms with Crippen LogP contribution in [0, 0.1) is 11.8 Å². The van der Waals surface area contributed by atoms with Crippen LogP contribution < -0.4 is 5.32 Å². The minimum absolute atomic E-state index is 0.0500. The Labute approximate surface area is 144 Å². The fourth-order valence-electron chi connectivity index (χ4n) is 2.42. The van der Waals surface area contributed by atoms with E-state index in [2.05, 4.69) is 10.4 Å². The molecule has 1 aliphatic rings. The molecular weight excluding hydrogens is 330 g/mol. The molecule has 0 saturated heterocycles. The first kappa shape index (κ1) is 16.5. The highest BCUT2D eigenvalue weighted by Gasteiger charge is 2.40. The van der Waals surface area contributed by atoms with E-state index in [4.69, 9.17) is 16.3 Å². The van der Waals surface area contributed by atoms with Gasteiger partial charge < -0.3 is 10.1 Å². The Bertz CT molecular complexity index is 770. The molecule has 1 amide bonds. The molecule has 0 unspecified atom stereocenters. The quantitative estimate of drug-likeness (QED) is 0.844. The predicted octanol–water partition coefficient (Wildman–Crippen LogP) is 2.88. The van der Waals surface area contributed by atoms with Gasteiger partial charge in [0, 0.05) is 23.7 Å². The molecule has 2 aromatic rings. The summed E-state index contributed by atoms with van der Waals surface area (Å²) in [5.74, 6) is 0.151. The number of ether oxygens (including phenoxy) is 1. The Kier molecular flexibility index (Phi) is 4.57. The third-order valence-corrected chi connectivity index (χ3v) is 4.30. The van der Waals surface area contributed by atoms with Crippen LogP contribution in [0.1, 0.15) is 13.3 Å². The average Bonchev–Trinajstić information content (AvgIpc) is 3.18. The molecule has 1 saturated carbocycles. The molecule has 126 valence electrons. The summed E-state index contributed by atoms with van der Waals surface area (Å²) in [6, 6.07) is 9.03. The summed E-state index contributed by atoms with van der Waals surface area (Å²) in [6.07, 6.45) is 0.840. The molecule has 24 heavy (non-hydrogen) atoms. The predicted molar refractivity (Wildman–Crippen MR) is 90.5 cm³/mol. The minimum Gasteiger partial charge on any atom is -0.455 e. The molecule has 1 aromatic heterocycles. The van der Waals surface area contributed by atoms with Crippen molar-refractivity contribution in [3.63, 3.8) is 0 Å². The Balaban J connectivity index is 1.59. The monoisotopic (exact) mass is 347 g/mol. The molecule has 0 radical (unpaired) electrons. The third kappa shape index (κ3) is 3.76. The second-order valence-electron chi connectivity index (χ2n) is 6.02. The number of aryl methyl sites for hydroxylation is 1. The van der Waals surface area contributed by atoms with Crippen LogP contribution in [0.4, 0.5) is 5.82 Å². The zero-order valence-electron chi connectivity index (χ0n) is 13.5. The first-order valence-electron chi connectivity index (χ1n) is 7.70. The molecule has 1 heterocycles. The SMILES string of the molecule is C[C@H]1C[C@H]1C(=O)OCC(=O)Nc1cc(-c2ccc(Cl)cc2)nn1C. The Morgan fingerprint density at radius 2 is 2.04 bits per heavy atom. The van der Waals surface area contributed by atoms with E-state index in [-0.39, 0.29) is 24.4 Å². The third-order valence-electron chi connectivity index (χ3n) is 4.05. The highest BCUT2D eigenvalue weighted by Crippen LogP contribution is 2.38. The van der Waals surface area contributed by atoms with Gasteiger partial charge in [-0.2, -0.15) is 5.10 Å². The van der Waals surface area contributed by atoms with Crippen LogP contribution in [-0.4, -0.2) is 28.3 Å². The zero-order valence-corrected chi connectivity index (χ0v) is 14.2. The lowest BCUT2D eigenvalue weighted by molar-refractivity contribution is -0.148. The number of hydrogen-bond acceptors (Lipinski definition) is 4. The molecular formula is C17H18ClN3O3. The van der Waals surface area contributed by atoms with E-state index in [1.54, 1.807) is 29.9 Å². The normalized spacial score (nSPS) is 19.0. The van der Waals surface area contributed by atoms with Crippen molar-refractivity contribution in [2.24, 2.45) is 18.9 Å². The van der Waals surface area contributed by atoms with Crippen molar-refractivity contribution < 1.29 is 14.3 Å². The second-order valence-corrected chi connectivity index (χ2v) is 6.46. The van der Waals surface area contributed by atoms with Gasteiger partial charge in [0.25, 0.3) is 5.91 Å². The maximum atomic E-state index is 11.9. The van der Waals surface area contributed by atoms with Crippen LogP contribution in [0.25, 0.3) is 11.3 Å². The van der Waals surface area contributed by atoms with Gasteiger partial charge in [0.2, 0.25) is 0 Å². The number of aromatic nitrogens is 2. The van der Waals surface area contributed by atoms with Crippen LogP contribution in [0.3, 0.4) is 0 Å². The van der Waals surface area contributed by atoms with E-state index in [9.17, 15) is 9.59 Å². The lowest BCUT2D eigenvalue weighted by atomic mass is 10.1. The first-order chi connectivity index (χ1) is 11.4. The standard InChI is InChI=1S/C17H18ClN3O3/c1-10-7-13(10)17(23)24-9-16(22)19-15-8-14(20-21(15)2)11-3-5-12(18)6-4-11/h3-6,8,10,13H,7,9H2,1-2H3,(H,19,22)/t10-,13+/m0/s1. The highest BCUT2D eigenvalue weighted by atomic mass is 35.5. The number of carbonyl (C=O) groups excluding carboxylic acids is 2. The number of halogens is 1. The molecule has 6 nitrogen and oxygen atoms in total. The van der Waals surface area contributed by atoms with E-state index >= 15 is 0 Å². The number of amides is 1. The minimum atomic E-state index is -0.387. The van der Waals surface area contributed by atoms with Crippen molar-refractivity contribution in [1.82, 2.24) is 9.78 Å². The molecule has 7 heteroatoms. The van der Waals surface area contributed by atoms with E-state index < -0.39 is 0 Å². The second kappa shape index (κ2) is 6.65. The molecule has 0 aliphatic heterocycles. The highest BCUT2D eigenvalue weighted by molar-refractivity contribution is 6.30. The lowest BCUT2D eigenvalue weighted by Gasteiger charge is -2.06. The first-order valence-corrected chi connectivity index (χ1v) is 8.08. The maximum absolute atomic E-state index is 11.9. The Morgan fingerprint density at radius 1 is 1.38 bits per heavy atom. The van der Waals surface area contributed by atoms with Gasteiger partial charge in [-0.15, -0.1) is 0 Å². The van der Waals surface area contributed by atoms with Gasteiger partial charge in [-0.05, 0) is 24.5 Å². The smallest absolute Gasteiger partial charge is 0.309 e. The molecule has 3 rings (SSSR count). The Morgan fingerprint density at radius 3 is 2.67 bits per heavy atom. The van der Waals surface area contributed by atoms with Gasteiger partial charge in [0.05, 0.1) is 11.6 Å². The van der Waals surface area contributed by atoms with Crippen LogP contribution in [0.5, 0.6) is 0 Å².